The van der Waals surface area contributed by atoms with Crippen molar-refractivity contribution in [3.8, 4) is 0 Å². The summed E-state index contributed by atoms with van der Waals surface area (Å²) in [7, 11) is 0. The topological polar surface area (TPSA) is 46.5 Å². The summed E-state index contributed by atoms with van der Waals surface area (Å²) in [5.74, 6) is -0.103. The molecule has 3 nitrogen and oxygen atoms in total. The molecule has 2 atom stereocenters. The highest BCUT2D eigenvalue weighted by Crippen LogP contribution is 2.41. The van der Waals surface area contributed by atoms with Crippen LogP contribution in [0.1, 0.15) is 6.92 Å². The van der Waals surface area contributed by atoms with Crippen molar-refractivity contribution in [2.75, 3.05) is 6.61 Å². The molecule has 2 aliphatic carbocycles. The average molecular weight is 244 g/mol. The van der Waals surface area contributed by atoms with E-state index in [4.69, 9.17) is 9.84 Å². The molecule has 0 bridgehead atoms. The summed E-state index contributed by atoms with van der Waals surface area (Å²) >= 11 is 0. The van der Waals surface area contributed by atoms with Gasteiger partial charge in [-0.05, 0) is 17.7 Å². The molecule has 0 amide bonds. The van der Waals surface area contributed by atoms with E-state index in [0.717, 1.165) is 5.57 Å². The van der Waals surface area contributed by atoms with E-state index in [-0.39, 0.29) is 17.9 Å². The maximum absolute atomic E-state index is 10.5. The second-order valence-corrected chi connectivity index (χ2v) is 4.68. The molecule has 0 spiro atoms. The molecular formula is C15H16O3. The van der Waals surface area contributed by atoms with Crippen molar-refractivity contribution in [2.24, 2.45) is 11.3 Å². The molecule has 0 aromatic carbocycles. The predicted octanol–water partition coefficient (Wildman–Crippen LogP) is 2.85. The number of fused-ring (bicyclic) bond motifs is 1. The van der Waals surface area contributed by atoms with E-state index < -0.39 is 5.97 Å². The van der Waals surface area contributed by atoms with Gasteiger partial charge >= 0.3 is 5.97 Å². The molecule has 0 radical (unpaired) electrons. The Balaban J connectivity index is 2.17. The Morgan fingerprint density at radius 2 is 2.39 bits per heavy atom. The fourth-order valence-electron chi connectivity index (χ4n) is 2.16. The highest BCUT2D eigenvalue weighted by Gasteiger charge is 2.32. The van der Waals surface area contributed by atoms with Crippen molar-refractivity contribution in [3.63, 3.8) is 0 Å². The second-order valence-electron chi connectivity index (χ2n) is 4.68. The average Bonchev–Trinajstić information content (AvgIpc) is 2.35. The van der Waals surface area contributed by atoms with Crippen LogP contribution in [0.25, 0.3) is 0 Å². The van der Waals surface area contributed by atoms with E-state index in [1.54, 1.807) is 0 Å². The molecule has 2 rings (SSSR count). The minimum atomic E-state index is -0.968. The quantitative estimate of drug-likeness (QED) is 0.827. The number of allylic oxidation sites excluding steroid dienone is 8. The SMILES string of the molecule is C=CC1=CC2C=CC(OCC(=O)O)=CC2(C)C=C1. The first-order chi connectivity index (χ1) is 8.53. The monoisotopic (exact) mass is 244 g/mol. The molecule has 0 heterocycles. The van der Waals surface area contributed by atoms with Crippen LogP contribution in [-0.2, 0) is 9.53 Å². The Morgan fingerprint density at radius 3 is 3.06 bits per heavy atom. The van der Waals surface area contributed by atoms with Crippen LogP contribution < -0.4 is 0 Å². The van der Waals surface area contributed by atoms with Gasteiger partial charge in [0, 0.05) is 11.3 Å². The molecule has 2 unspecified atom stereocenters. The van der Waals surface area contributed by atoms with E-state index in [0.29, 0.717) is 5.76 Å². The second kappa shape index (κ2) is 4.69. The zero-order valence-corrected chi connectivity index (χ0v) is 10.3. The third-order valence-corrected chi connectivity index (χ3v) is 3.24. The van der Waals surface area contributed by atoms with Gasteiger partial charge in [0.05, 0.1) is 0 Å². The lowest BCUT2D eigenvalue weighted by Gasteiger charge is -2.34. The molecule has 0 aromatic rings. The molecule has 1 N–H and O–H groups in total. The van der Waals surface area contributed by atoms with Gasteiger partial charge in [0.2, 0.25) is 0 Å². The third-order valence-electron chi connectivity index (χ3n) is 3.24. The first kappa shape index (κ1) is 12.4. The van der Waals surface area contributed by atoms with Gasteiger partial charge in [-0.3, -0.25) is 0 Å². The van der Waals surface area contributed by atoms with Gasteiger partial charge in [-0.25, -0.2) is 4.79 Å². The molecule has 0 saturated heterocycles. The Kier molecular flexibility index (Phi) is 3.24. The molecule has 3 heteroatoms. The molecule has 0 fully saturated rings. The smallest absolute Gasteiger partial charge is 0.341 e. The van der Waals surface area contributed by atoms with Crippen molar-refractivity contribution in [1.82, 2.24) is 0 Å². The van der Waals surface area contributed by atoms with E-state index >= 15 is 0 Å². The van der Waals surface area contributed by atoms with Gasteiger partial charge < -0.3 is 9.84 Å². The summed E-state index contributed by atoms with van der Waals surface area (Å²) in [6.45, 7) is 5.54. The normalized spacial score (nSPS) is 29.1. The van der Waals surface area contributed by atoms with Crippen LogP contribution in [0.15, 0.2) is 60.4 Å². The summed E-state index contributed by atoms with van der Waals surface area (Å²) in [6.07, 6.45) is 13.9. The Labute approximate surface area is 106 Å². The molecule has 0 aliphatic heterocycles. The van der Waals surface area contributed by atoms with Gasteiger partial charge in [0.25, 0.3) is 0 Å². The van der Waals surface area contributed by atoms with Crippen LogP contribution in [0.2, 0.25) is 0 Å². The zero-order chi connectivity index (χ0) is 13.2. The fourth-order valence-corrected chi connectivity index (χ4v) is 2.16. The van der Waals surface area contributed by atoms with E-state index in [9.17, 15) is 4.79 Å². The highest BCUT2D eigenvalue weighted by atomic mass is 16.5. The number of rotatable bonds is 4. The molecule has 18 heavy (non-hydrogen) atoms. The maximum Gasteiger partial charge on any atom is 0.341 e. The number of carboxylic acid groups (broad SMARTS) is 1. The lowest BCUT2D eigenvalue weighted by molar-refractivity contribution is -0.140. The summed E-state index contributed by atoms with van der Waals surface area (Å²) in [5.41, 5.74) is 0.945. The van der Waals surface area contributed by atoms with Crippen molar-refractivity contribution in [2.45, 2.75) is 6.92 Å². The Bertz CT molecular complexity index is 494. The number of carboxylic acids is 1. The molecule has 0 aromatic heterocycles. The first-order valence-electron chi connectivity index (χ1n) is 5.83. The van der Waals surface area contributed by atoms with Crippen molar-refractivity contribution < 1.29 is 14.6 Å². The molecule has 94 valence electrons. The minimum Gasteiger partial charge on any atom is -0.482 e. The van der Waals surface area contributed by atoms with Crippen LogP contribution in [0.5, 0.6) is 0 Å². The van der Waals surface area contributed by atoms with Gasteiger partial charge in [-0.15, -0.1) is 0 Å². The number of carbonyl (C=O) groups is 1. The summed E-state index contributed by atoms with van der Waals surface area (Å²) in [5, 5.41) is 8.60. The third kappa shape index (κ3) is 2.45. The predicted molar refractivity (Wildman–Crippen MR) is 69.8 cm³/mol. The highest BCUT2D eigenvalue weighted by molar-refractivity contribution is 5.68. The Morgan fingerprint density at radius 1 is 1.61 bits per heavy atom. The van der Waals surface area contributed by atoms with Crippen LogP contribution in [0.3, 0.4) is 0 Å². The van der Waals surface area contributed by atoms with E-state index in [1.807, 2.05) is 30.4 Å². The summed E-state index contributed by atoms with van der Waals surface area (Å²) in [6, 6.07) is 0. The van der Waals surface area contributed by atoms with E-state index in [1.165, 1.54) is 0 Å². The maximum atomic E-state index is 10.5. The van der Waals surface area contributed by atoms with E-state index in [2.05, 4.69) is 25.7 Å². The van der Waals surface area contributed by atoms with Gasteiger partial charge in [0.1, 0.15) is 5.76 Å². The van der Waals surface area contributed by atoms with Crippen LogP contribution >= 0.6 is 0 Å². The number of hydrogen-bond acceptors (Lipinski definition) is 2. The van der Waals surface area contributed by atoms with Gasteiger partial charge in [-0.1, -0.05) is 43.9 Å². The van der Waals surface area contributed by atoms with Crippen molar-refractivity contribution in [3.05, 3.63) is 60.4 Å². The van der Waals surface area contributed by atoms with Gasteiger partial charge in [-0.2, -0.15) is 0 Å². The summed E-state index contributed by atoms with van der Waals surface area (Å²) < 4.78 is 5.21. The largest absolute Gasteiger partial charge is 0.482 e. The molecule has 0 saturated carbocycles. The van der Waals surface area contributed by atoms with Crippen LogP contribution in [-0.4, -0.2) is 17.7 Å². The lowest BCUT2D eigenvalue weighted by Crippen LogP contribution is -2.26. The van der Waals surface area contributed by atoms with Gasteiger partial charge in [0.15, 0.2) is 6.61 Å². The minimum absolute atomic E-state index is 0.158. The van der Waals surface area contributed by atoms with Crippen LogP contribution in [0, 0.1) is 11.3 Å². The molecular weight excluding hydrogens is 228 g/mol. The lowest BCUT2D eigenvalue weighted by atomic mass is 9.70. The standard InChI is InChI=1S/C15H16O3/c1-3-11-6-7-15(2)9-13(18-10-14(16)17)5-4-12(15)8-11/h3-9,12H,1,10H2,2H3,(H,16,17). The molecule has 2 aliphatic rings. The summed E-state index contributed by atoms with van der Waals surface area (Å²) in [4.78, 5) is 10.5. The number of ether oxygens (including phenoxy) is 1. The fraction of sp³-hybridized carbons (Fsp3) is 0.267. The van der Waals surface area contributed by atoms with Crippen molar-refractivity contribution in [1.29, 1.82) is 0 Å². The number of aliphatic carboxylic acids is 1. The number of hydrogen-bond donors (Lipinski definition) is 1. The van der Waals surface area contributed by atoms with Crippen molar-refractivity contribution >= 4 is 5.97 Å². The Hall–Kier alpha value is -2.03. The van der Waals surface area contributed by atoms with Crippen LogP contribution in [0.4, 0.5) is 0 Å². The first-order valence-corrected chi connectivity index (χ1v) is 5.83. The zero-order valence-electron chi connectivity index (χ0n) is 10.3.